The molecule has 8 heteroatoms. The summed E-state index contributed by atoms with van der Waals surface area (Å²) >= 11 is 6.51. The van der Waals surface area contributed by atoms with Gasteiger partial charge < -0.3 is 19.5 Å². The van der Waals surface area contributed by atoms with Crippen molar-refractivity contribution in [1.82, 2.24) is 10.2 Å². The lowest BCUT2D eigenvalue weighted by Crippen LogP contribution is -2.50. The van der Waals surface area contributed by atoms with E-state index in [2.05, 4.69) is 10.2 Å². The molecule has 2 aromatic carbocycles. The molecule has 2 atom stereocenters. The lowest BCUT2D eigenvalue weighted by Gasteiger charge is -2.31. The minimum absolute atomic E-state index is 0.0159. The molecule has 0 radical (unpaired) electrons. The number of amides is 1. The second-order valence-electron chi connectivity index (χ2n) is 8.03. The number of fused-ring (bicyclic) bond motifs is 1. The van der Waals surface area contributed by atoms with E-state index in [9.17, 15) is 9.59 Å². The van der Waals surface area contributed by atoms with Crippen LogP contribution in [0.4, 0.5) is 0 Å². The first-order valence-electron chi connectivity index (χ1n) is 10.7. The molecular weight excluding hydrogens is 432 g/mol. The third-order valence-corrected chi connectivity index (χ3v) is 6.23. The third-order valence-electron chi connectivity index (χ3n) is 5.95. The summed E-state index contributed by atoms with van der Waals surface area (Å²) in [6, 6.07) is 10.9. The van der Waals surface area contributed by atoms with E-state index in [1.54, 1.807) is 12.1 Å². The van der Waals surface area contributed by atoms with Gasteiger partial charge in [-0.25, -0.2) is 4.79 Å². The predicted molar refractivity (Wildman–Crippen MR) is 121 cm³/mol. The molecule has 32 heavy (non-hydrogen) atoms. The standard InChI is InChI=1S/C24H27ClN2O5/c1-15(27-6-8-31-9-7-27)23(28)26-14-20-12-19-11-18(13-21(25)22(19)32-20)16-4-3-5-17(10-16)24(29)30-2/h3-5,10-11,13,15,20H,6-9,12,14H2,1-2H3,(H,26,28)/t15-,20-/m1/s1. The third kappa shape index (κ3) is 4.90. The van der Waals surface area contributed by atoms with Crippen LogP contribution < -0.4 is 10.1 Å². The topological polar surface area (TPSA) is 77.1 Å². The molecule has 0 spiro atoms. The number of halogens is 1. The molecule has 1 saturated heterocycles. The average molecular weight is 459 g/mol. The normalized spacial score (nSPS) is 19.0. The molecule has 170 valence electrons. The molecule has 1 fully saturated rings. The monoisotopic (exact) mass is 458 g/mol. The van der Waals surface area contributed by atoms with Crippen molar-refractivity contribution in [2.45, 2.75) is 25.5 Å². The maximum atomic E-state index is 12.6. The second-order valence-corrected chi connectivity index (χ2v) is 8.44. The number of benzene rings is 2. The van der Waals surface area contributed by atoms with Crippen LogP contribution in [0.25, 0.3) is 11.1 Å². The molecule has 2 aliphatic rings. The van der Waals surface area contributed by atoms with Crippen LogP contribution in [-0.2, 0) is 20.7 Å². The van der Waals surface area contributed by atoms with E-state index in [1.807, 2.05) is 31.2 Å². The van der Waals surface area contributed by atoms with Crippen molar-refractivity contribution in [3.8, 4) is 16.9 Å². The van der Waals surface area contributed by atoms with Crippen LogP contribution >= 0.6 is 11.6 Å². The van der Waals surface area contributed by atoms with Crippen molar-refractivity contribution in [1.29, 1.82) is 0 Å². The molecule has 0 aliphatic carbocycles. The Bertz CT molecular complexity index is 1010. The summed E-state index contributed by atoms with van der Waals surface area (Å²) in [6.07, 6.45) is 0.464. The molecule has 0 saturated carbocycles. The molecule has 1 N–H and O–H groups in total. The first-order chi connectivity index (χ1) is 15.5. The molecule has 7 nitrogen and oxygen atoms in total. The van der Waals surface area contributed by atoms with E-state index in [-0.39, 0.29) is 24.0 Å². The van der Waals surface area contributed by atoms with Gasteiger partial charge in [-0.2, -0.15) is 0 Å². The number of ether oxygens (including phenoxy) is 3. The molecule has 0 aromatic heterocycles. The Balaban J connectivity index is 1.41. The first-order valence-corrected chi connectivity index (χ1v) is 11.1. The van der Waals surface area contributed by atoms with Crippen molar-refractivity contribution in [3.63, 3.8) is 0 Å². The summed E-state index contributed by atoms with van der Waals surface area (Å²) in [5, 5.41) is 3.52. The van der Waals surface area contributed by atoms with E-state index in [0.717, 1.165) is 29.8 Å². The largest absolute Gasteiger partial charge is 0.486 e. The number of esters is 1. The minimum atomic E-state index is -0.385. The second kappa shape index (κ2) is 9.90. The first kappa shape index (κ1) is 22.6. The quantitative estimate of drug-likeness (QED) is 0.671. The highest BCUT2D eigenvalue weighted by Gasteiger charge is 2.28. The molecular formula is C24H27ClN2O5. The van der Waals surface area contributed by atoms with E-state index in [1.165, 1.54) is 7.11 Å². The van der Waals surface area contributed by atoms with Crippen molar-refractivity contribution < 1.29 is 23.8 Å². The maximum absolute atomic E-state index is 12.6. The molecule has 4 rings (SSSR count). The Hall–Kier alpha value is -2.61. The van der Waals surface area contributed by atoms with Crippen LogP contribution in [0.1, 0.15) is 22.8 Å². The lowest BCUT2D eigenvalue weighted by atomic mass is 9.99. The summed E-state index contributed by atoms with van der Waals surface area (Å²) in [7, 11) is 1.36. The van der Waals surface area contributed by atoms with E-state index < -0.39 is 0 Å². The van der Waals surface area contributed by atoms with Gasteiger partial charge in [0.15, 0.2) is 0 Å². The van der Waals surface area contributed by atoms with Gasteiger partial charge in [0.2, 0.25) is 5.91 Å². The van der Waals surface area contributed by atoms with Gasteiger partial charge in [-0.1, -0.05) is 23.7 Å². The van der Waals surface area contributed by atoms with Crippen molar-refractivity contribution >= 4 is 23.5 Å². The zero-order chi connectivity index (χ0) is 22.7. The summed E-state index contributed by atoms with van der Waals surface area (Å²) in [5.41, 5.74) is 3.23. The van der Waals surface area contributed by atoms with Gasteiger partial charge in [-0.15, -0.1) is 0 Å². The Kier molecular flexibility index (Phi) is 6.98. The molecule has 1 amide bonds. The van der Waals surface area contributed by atoms with E-state index >= 15 is 0 Å². The average Bonchev–Trinajstić information content (AvgIpc) is 3.26. The number of carbonyl (C=O) groups is 2. The summed E-state index contributed by atoms with van der Waals surface area (Å²) < 4.78 is 16.2. The Morgan fingerprint density at radius 1 is 1.22 bits per heavy atom. The van der Waals surface area contributed by atoms with Gasteiger partial charge in [-0.05, 0) is 42.3 Å². The fourth-order valence-electron chi connectivity index (χ4n) is 4.10. The highest BCUT2D eigenvalue weighted by molar-refractivity contribution is 6.32. The molecule has 2 heterocycles. The van der Waals surface area contributed by atoms with Crippen LogP contribution in [0, 0.1) is 0 Å². The van der Waals surface area contributed by atoms with Crippen molar-refractivity contribution in [2.75, 3.05) is 40.0 Å². The SMILES string of the molecule is COC(=O)c1cccc(-c2cc(Cl)c3c(c2)C[C@H](CNC(=O)[C@@H](C)N2CCOCC2)O3)c1. The van der Waals surface area contributed by atoms with Gasteiger partial charge in [0.1, 0.15) is 11.9 Å². The van der Waals surface area contributed by atoms with Crippen LogP contribution in [0.15, 0.2) is 36.4 Å². The highest BCUT2D eigenvalue weighted by Crippen LogP contribution is 2.39. The highest BCUT2D eigenvalue weighted by atomic mass is 35.5. The van der Waals surface area contributed by atoms with Crippen LogP contribution in [0.3, 0.4) is 0 Å². The molecule has 2 aliphatic heterocycles. The molecule has 0 bridgehead atoms. The Morgan fingerprint density at radius 3 is 2.75 bits per heavy atom. The summed E-state index contributed by atoms with van der Waals surface area (Å²) in [4.78, 5) is 26.6. The van der Waals surface area contributed by atoms with E-state index in [4.69, 9.17) is 25.8 Å². The fraction of sp³-hybridized carbons (Fsp3) is 0.417. The van der Waals surface area contributed by atoms with Crippen LogP contribution in [-0.4, -0.2) is 68.9 Å². The van der Waals surface area contributed by atoms with Gasteiger partial charge in [0, 0.05) is 25.1 Å². The summed E-state index contributed by atoms with van der Waals surface area (Å²) in [5.74, 6) is 0.252. The number of carbonyl (C=O) groups excluding carboxylic acids is 2. The zero-order valence-corrected chi connectivity index (χ0v) is 19.0. The molecule has 2 aromatic rings. The van der Waals surface area contributed by atoms with Crippen molar-refractivity contribution in [2.24, 2.45) is 0 Å². The van der Waals surface area contributed by atoms with Gasteiger partial charge in [0.05, 0.1) is 43.5 Å². The Labute approximate surface area is 192 Å². The number of nitrogens with zero attached hydrogens (tertiary/aromatic N) is 1. The zero-order valence-electron chi connectivity index (χ0n) is 18.2. The number of nitrogens with one attached hydrogen (secondary N) is 1. The van der Waals surface area contributed by atoms with Crippen LogP contribution in [0.5, 0.6) is 5.75 Å². The van der Waals surface area contributed by atoms with E-state index in [0.29, 0.717) is 42.5 Å². The lowest BCUT2D eigenvalue weighted by molar-refractivity contribution is -0.127. The van der Waals surface area contributed by atoms with Gasteiger partial charge in [0.25, 0.3) is 0 Å². The predicted octanol–water partition coefficient (Wildman–Crippen LogP) is 2.93. The van der Waals surface area contributed by atoms with Crippen LogP contribution in [0.2, 0.25) is 5.02 Å². The Morgan fingerprint density at radius 2 is 2.00 bits per heavy atom. The minimum Gasteiger partial charge on any atom is -0.486 e. The van der Waals surface area contributed by atoms with Gasteiger partial charge >= 0.3 is 5.97 Å². The number of methoxy groups -OCH3 is 1. The summed E-state index contributed by atoms with van der Waals surface area (Å²) in [6.45, 7) is 5.15. The van der Waals surface area contributed by atoms with Crippen molar-refractivity contribution in [3.05, 3.63) is 52.5 Å². The molecule has 0 unspecified atom stereocenters. The van der Waals surface area contributed by atoms with Gasteiger partial charge in [-0.3, -0.25) is 9.69 Å². The number of hydrogen-bond donors (Lipinski definition) is 1. The number of hydrogen-bond acceptors (Lipinski definition) is 6. The smallest absolute Gasteiger partial charge is 0.337 e. The maximum Gasteiger partial charge on any atom is 0.337 e. The number of morpholine rings is 1. The number of rotatable bonds is 6. The fourth-order valence-corrected chi connectivity index (χ4v) is 4.39.